The first-order valence-corrected chi connectivity index (χ1v) is 14.8. The van der Waals surface area contributed by atoms with Crippen molar-refractivity contribution in [3.05, 3.63) is 106 Å². The van der Waals surface area contributed by atoms with Crippen molar-refractivity contribution in [2.24, 2.45) is 0 Å². The van der Waals surface area contributed by atoms with Crippen molar-refractivity contribution >= 4 is 23.1 Å². The van der Waals surface area contributed by atoms with Crippen LogP contribution in [0.3, 0.4) is 0 Å². The molecule has 4 rings (SSSR count). The van der Waals surface area contributed by atoms with Crippen LogP contribution in [-0.4, -0.2) is 35.1 Å². The van der Waals surface area contributed by atoms with Gasteiger partial charge in [0.2, 0.25) is 0 Å². The van der Waals surface area contributed by atoms with E-state index in [-0.39, 0.29) is 62.7 Å². The predicted octanol–water partition coefficient (Wildman–Crippen LogP) is 9.33. The normalized spacial score (nSPS) is 12.2. The fourth-order valence-electron chi connectivity index (χ4n) is 5.19. The lowest BCUT2D eigenvalue weighted by atomic mass is 9.85. The van der Waals surface area contributed by atoms with E-state index in [1.54, 1.807) is 64.1 Å². The summed E-state index contributed by atoms with van der Waals surface area (Å²) in [5, 5.41) is 27.0. The van der Waals surface area contributed by atoms with Crippen LogP contribution in [0.5, 0.6) is 23.0 Å². The summed E-state index contributed by atoms with van der Waals surface area (Å²) in [6, 6.07) is 17.7. The molecule has 242 valence electrons. The van der Waals surface area contributed by atoms with Gasteiger partial charge in [-0.15, -0.1) is 0 Å². The third kappa shape index (κ3) is 7.44. The van der Waals surface area contributed by atoms with Crippen LogP contribution in [0.25, 0.3) is 0 Å². The Labute approximate surface area is 266 Å². The van der Waals surface area contributed by atoms with Crippen LogP contribution in [0.1, 0.15) is 95.3 Å². The first kappa shape index (κ1) is 33.9. The standard InChI is InChI=1S/C36H37F3N2O5/c1-19(2)28-15-24(17-30(40-6)33(28)43)32(36(37,38)39)25-16-29(20(3)4)34(44)31(18-25)41-35(45)23-9-13-27(14-10-23)46-26-11-7-22(8-12-26)21(5)42/h7-20,32,40,43-44H,1-6H3,(H,41,45). The van der Waals surface area contributed by atoms with Crippen LogP contribution in [0.2, 0.25) is 0 Å². The van der Waals surface area contributed by atoms with E-state index in [4.69, 9.17) is 4.74 Å². The van der Waals surface area contributed by atoms with Gasteiger partial charge in [-0.3, -0.25) is 9.59 Å². The zero-order valence-corrected chi connectivity index (χ0v) is 26.4. The predicted molar refractivity (Wildman–Crippen MR) is 173 cm³/mol. The summed E-state index contributed by atoms with van der Waals surface area (Å²) in [5.74, 6) is -3.01. The van der Waals surface area contributed by atoms with Crippen LogP contribution < -0.4 is 15.4 Å². The number of ketones is 1. The maximum Gasteiger partial charge on any atom is 0.399 e. The number of carbonyl (C=O) groups excluding carboxylic acids is 2. The Morgan fingerprint density at radius 3 is 1.57 bits per heavy atom. The summed E-state index contributed by atoms with van der Waals surface area (Å²) in [5.41, 5.74) is 1.04. The highest BCUT2D eigenvalue weighted by molar-refractivity contribution is 6.05. The summed E-state index contributed by atoms with van der Waals surface area (Å²) in [4.78, 5) is 24.7. The summed E-state index contributed by atoms with van der Waals surface area (Å²) >= 11 is 0. The van der Waals surface area contributed by atoms with Crippen LogP contribution in [0.4, 0.5) is 24.5 Å². The molecule has 0 radical (unpaired) electrons. The van der Waals surface area contributed by atoms with E-state index in [2.05, 4.69) is 10.6 Å². The SMILES string of the molecule is CNc1cc(C(c2cc(NC(=O)c3ccc(Oc4ccc(C(C)=O)cc4)cc3)c(O)c(C(C)C)c2)C(F)(F)F)cc(C(C)C)c1O. The lowest BCUT2D eigenvalue weighted by Crippen LogP contribution is -2.23. The summed E-state index contributed by atoms with van der Waals surface area (Å²) in [6.45, 7) is 8.48. The minimum Gasteiger partial charge on any atom is -0.505 e. The number of phenolic OH excluding ortho intramolecular Hbond substituents is 2. The number of halogens is 3. The number of alkyl halides is 3. The number of amides is 1. The fourth-order valence-corrected chi connectivity index (χ4v) is 5.19. The molecule has 1 unspecified atom stereocenters. The van der Waals surface area contributed by atoms with Crippen molar-refractivity contribution in [2.45, 2.75) is 58.5 Å². The summed E-state index contributed by atoms with van der Waals surface area (Å²) in [7, 11) is 1.52. The monoisotopic (exact) mass is 634 g/mol. The number of hydrogen-bond donors (Lipinski definition) is 4. The van der Waals surface area contributed by atoms with Gasteiger partial charge in [-0.1, -0.05) is 39.8 Å². The van der Waals surface area contributed by atoms with Crippen LogP contribution >= 0.6 is 0 Å². The Bertz CT molecular complexity index is 1730. The number of ether oxygens (including phenoxy) is 1. The lowest BCUT2D eigenvalue weighted by Gasteiger charge is -2.26. The van der Waals surface area contributed by atoms with Gasteiger partial charge in [0.25, 0.3) is 5.91 Å². The molecule has 7 nitrogen and oxygen atoms in total. The minimum atomic E-state index is -4.75. The van der Waals surface area contributed by atoms with Gasteiger partial charge in [0.15, 0.2) is 5.78 Å². The van der Waals surface area contributed by atoms with Crippen LogP contribution in [-0.2, 0) is 0 Å². The lowest BCUT2D eigenvalue weighted by molar-refractivity contribution is -0.141. The molecule has 0 aliphatic rings. The van der Waals surface area contributed by atoms with E-state index in [9.17, 15) is 33.0 Å². The number of anilines is 2. The van der Waals surface area contributed by atoms with Gasteiger partial charge in [0.1, 0.15) is 28.9 Å². The molecular formula is C36H37F3N2O5. The van der Waals surface area contributed by atoms with Crippen molar-refractivity contribution in [3.63, 3.8) is 0 Å². The van der Waals surface area contributed by atoms with E-state index in [1.165, 1.54) is 44.3 Å². The molecule has 0 aliphatic heterocycles. The molecule has 1 amide bonds. The molecule has 10 heteroatoms. The zero-order valence-electron chi connectivity index (χ0n) is 26.4. The van der Waals surface area contributed by atoms with Crippen LogP contribution in [0.15, 0.2) is 72.8 Å². The maximum atomic E-state index is 14.8. The van der Waals surface area contributed by atoms with E-state index in [0.29, 0.717) is 22.6 Å². The molecule has 0 bridgehead atoms. The molecule has 0 saturated carbocycles. The number of nitrogens with one attached hydrogen (secondary N) is 2. The molecule has 46 heavy (non-hydrogen) atoms. The first-order valence-electron chi connectivity index (χ1n) is 14.8. The Kier molecular flexibility index (Phi) is 9.99. The minimum absolute atomic E-state index is 0.0727. The van der Waals surface area contributed by atoms with Crippen molar-refractivity contribution in [1.82, 2.24) is 0 Å². The number of carbonyl (C=O) groups is 2. The average Bonchev–Trinajstić information content (AvgIpc) is 2.99. The first-order chi connectivity index (χ1) is 21.6. The molecule has 4 aromatic carbocycles. The molecule has 0 fully saturated rings. The second-order valence-electron chi connectivity index (χ2n) is 11.7. The van der Waals surface area contributed by atoms with E-state index in [1.807, 2.05) is 0 Å². The number of aromatic hydroxyl groups is 2. The third-order valence-corrected chi connectivity index (χ3v) is 7.69. The van der Waals surface area contributed by atoms with Gasteiger partial charge in [-0.25, -0.2) is 0 Å². The number of Topliss-reactive ketones (excluding diaryl/α,β-unsaturated/α-hetero) is 1. The van der Waals surface area contributed by atoms with Gasteiger partial charge in [0.05, 0.1) is 11.4 Å². The van der Waals surface area contributed by atoms with E-state index >= 15 is 0 Å². The maximum absolute atomic E-state index is 14.8. The zero-order chi connectivity index (χ0) is 33.9. The van der Waals surface area contributed by atoms with E-state index < -0.39 is 18.0 Å². The number of phenols is 2. The molecule has 4 N–H and O–H groups in total. The van der Waals surface area contributed by atoms with Gasteiger partial charge in [-0.05, 0) is 102 Å². The molecule has 0 spiro atoms. The molecule has 4 aromatic rings. The number of benzene rings is 4. The smallest absolute Gasteiger partial charge is 0.399 e. The van der Waals surface area contributed by atoms with Gasteiger partial charge >= 0.3 is 6.18 Å². The topological polar surface area (TPSA) is 108 Å². The molecule has 1 atom stereocenters. The number of hydrogen-bond acceptors (Lipinski definition) is 6. The fraction of sp³-hybridized carbons (Fsp3) is 0.278. The Morgan fingerprint density at radius 2 is 1.15 bits per heavy atom. The van der Waals surface area contributed by atoms with Gasteiger partial charge < -0.3 is 25.6 Å². The van der Waals surface area contributed by atoms with Crippen molar-refractivity contribution < 1.29 is 37.7 Å². The average molecular weight is 635 g/mol. The molecule has 0 aliphatic carbocycles. The highest BCUT2D eigenvalue weighted by Gasteiger charge is 2.43. The van der Waals surface area contributed by atoms with Crippen molar-refractivity contribution in [3.8, 4) is 23.0 Å². The van der Waals surface area contributed by atoms with Crippen molar-refractivity contribution in [2.75, 3.05) is 17.7 Å². The van der Waals surface area contributed by atoms with E-state index in [0.717, 1.165) is 6.07 Å². The highest BCUT2D eigenvalue weighted by atomic mass is 19.4. The highest BCUT2D eigenvalue weighted by Crippen LogP contribution is 2.47. The second-order valence-corrected chi connectivity index (χ2v) is 11.7. The van der Waals surface area contributed by atoms with Crippen molar-refractivity contribution in [1.29, 1.82) is 0 Å². The molecule has 0 saturated heterocycles. The molecular weight excluding hydrogens is 597 g/mol. The van der Waals surface area contributed by atoms with Gasteiger partial charge in [-0.2, -0.15) is 13.2 Å². The Hall–Kier alpha value is -4.99. The number of rotatable bonds is 10. The Morgan fingerprint density at radius 1 is 0.717 bits per heavy atom. The summed E-state index contributed by atoms with van der Waals surface area (Å²) in [6.07, 6.45) is -4.75. The van der Waals surface area contributed by atoms with Gasteiger partial charge in [0, 0.05) is 18.2 Å². The molecule has 0 aromatic heterocycles. The summed E-state index contributed by atoms with van der Waals surface area (Å²) < 4.78 is 50.3. The Balaban J connectivity index is 1.69. The third-order valence-electron chi connectivity index (χ3n) is 7.69. The molecule has 0 heterocycles. The second kappa shape index (κ2) is 13.6. The largest absolute Gasteiger partial charge is 0.505 e. The quantitative estimate of drug-likeness (QED) is 0.102. The van der Waals surface area contributed by atoms with Crippen LogP contribution in [0, 0.1) is 0 Å².